The number of rotatable bonds is 8. The van der Waals surface area contributed by atoms with Crippen LogP contribution < -0.4 is 5.32 Å². The monoisotopic (exact) mass is 550 g/mol. The second-order valence-corrected chi connectivity index (χ2v) is 10.5. The lowest BCUT2D eigenvalue weighted by atomic mass is 9.95. The van der Waals surface area contributed by atoms with Gasteiger partial charge in [0.1, 0.15) is 0 Å². The number of nitrogens with zero attached hydrogens (tertiary/aromatic N) is 1. The highest BCUT2D eigenvalue weighted by Crippen LogP contribution is 2.33. The molecule has 0 saturated heterocycles. The van der Waals surface area contributed by atoms with Crippen LogP contribution in [0.15, 0.2) is 128 Å². The summed E-state index contributed by atoms with van der Waals surface area (Å²) in [6.45, 7) is 0.291. The highest BCUT2D eigenvalue weighted by molar-refractivity contribution is 6.09. The van der Waals surface area contributed by atoms with Crippen LogP contribution in [0.5, 0.6) is 0 Å². The van der Waals surface area contributed by atoms with E-state index in [4.69, 9.17) is 0 Å². The van der Waals surface area contributed by atoms with E-state index in [1.807, 2.05) is 61.6 Å². The van der Waals surface area contributed by atoms with Crippen molar-refractivity contribution in [3.05, 3.63) is 155 Å². The van der Waals surface area contributed by atoms with Gasteiger partial charge in [-0.05, 0) is 69.6 Å². The molecule has 6 rings (SSSR count). The Morgan fingerprint density at radius 3 is 1.88 bits per heavy atom. The molecular weight excluding hydrogens is 520 g/mol. The second kappa shape index (κ2) is 11.6. The SMILES string of the molecule is Cn1cc(Cc2ccc(-c3ccccc3)cc2)c2c(C(=O)NCc3ccc(C(=O)O)cc3)cc(-c3ccccc3)cc21. The molecule has 5 heteroatoms. The van der Waals surface area contributed by atoms with E-state index in [0.29, 0.717) is 18.5 Å². The predicted octanol–water partition coefficient (Wildman–Crippen LogP) is 7.73. The van der Waals surface area contributed by atoms with Crippen LogP contribution in [0.1, 0.15) is 37.4 Å². The van der Waals surface area contributed by atoms with Crippen LogP contribution in [0.4, 0.5) is 0 Å². The van der Waals surface area contributed by atoms with Crippen molar-refractivity contribution in [1.29, 1.82) is 0 Å². The Hall–Kier alpha value is -5.42. The number of aromatic carboxylic acids is 1. The third kappa shape index (κ3) is 5.58. The van der Waals surface area contributed by atoms with Gasteiger partial charge in [0.05, 0.1) is 5.56 Å². The summed E-state index contributed by atoms with van der Waals surface area (Å²) >= 11 is 0. The number of aryl methyl sites for hydroxylation is 1. The lowest BCUT2D eigenvalue weighted by Gasteiger charge is -2.12. The van der Waals surface area contributed by atoms with Gasteiger partial charge in [0.2, 0.25) is 0 Å². The van der Waals surface area contributed by atoms with Crippen molar-refractivity contribution in [3.63, 3.8) is 0 Å². The van der Waals surface area contributed by atoms with Crippen molar-refractivity contribution < 1.29 is 14.7 Å². The van der Waals surface area contributed by atoms with Gasteiger partial charge in [-0.25, -0.2) is 4.79 Å². The number of nitrogens with one attached hydrogen (secondary N) is 1. The number of carboxylic acid groups (broad SMARTS) is 1. The fraction of sp³-hybridized carbons (Fsp3) is 0.0811. The van der Waals surface area contributed by atoms with Gasteiger partial charge in [0.25, 0.3) is 5.91 Å². The Balaban J connectivity index is 1.35. The second-order valence-electron chi connectivity index (χ2n) is 10.5. The van der Waals surface area contributed by atoms with Crippen molar-refractivity contribution in [2.24, 2.45) is 7.05 Å². The first-order valence-electron chi connectivity index (χ1n) is 13.9. The zero-order valence-corrected chi connectivity index (χ0v) is 23.2. The first kappa shape index (κ1) is 26.8. The van der Waals surface area contributed by atoms with Gasteiger partial charge >= 0.3 is 5.97 Å². The fourth-order valence-corrected chi connectivity index (χ4v) is 5.43. The number of benzene rings is 5. The first-order valence-corrected chi connectivity index (χ1v) is 13.9. The normalized spacial score (nSPS) is 11.0. The van der Waals surface area contributed by atoms with Crippen LogP contribution >= 0.6 is 0 Å². The van der Waals surface area contributed by atoms with E-state index >= 15 is 0 Å². The number of fused-ring (bicyclic) bond motifs is 1. The summed E-state index contributed by atoms with van der Waals surface area (Å²) in [5.74, 6) is -1.15. The van der Waals surface area contributed by atoms with E-state index in [-0.39, 0.29) is 11.5 Å². The molecule has 1 amide bonds. The number of amides is 1. The molecule has 0 aliphatic rings. The summed E-state index contributed by atoms with van der Waals surface area (Å²) in [4.78, 5) is 25.0. The minimum absolute atomic E-state index is 0.174. The maximum Gasteiger partial charge on any atom is 0.335 e. The lowest BCUT2D eigenvalue weighted by Crippen LogP contribution is -2.23. The number of aromatic nitrogens is 1. The zero-order chi connectivity index (χ0) is 29.1. The Morgan fingerprint density at radius 2 is 1.26 bits per heavy atom. The molecule has 42 heavy (non-hydrogen) atoms. The molecule has 5 aromatic carbocycles. The number of carbonyl (C=O) groups excluding carboxylic acids is 1. The summed E-state index contributed by atoms with van der Waals surface area (Å²) in [7, 11) is 2.02. The van der Waals surface area contributed by atoms with Crippen molar-refractivity contribution in [3.8, 4) is 22.3 Å². The number of hydrogen-bond donors (Lipinski definition) is 2. The van der Waals surface area contributed by atoms with Crippen LogP contribution in [-0.4, -0.2) is 21.6 Å². The third-order valence-corrected chi connectivity index (χ3v) is 7.63. The topological polar surface area (TPSA) is 71.3 Å². The minimum atomic E-state index is -0.975. The largest absolute Gasteiger partial charge is 0.478 e. The van der Waals surface area contributed by atoms with Gasteiger partial charge in [-0.2, -0.15) is 0 Å². The fourth-order valence-electron chi connectivity index (χ4n) is 5.43. The minimum Gasteiger partial charge on any atom is -0.478 e. The summed E-state index contributed by atoms with van der Waals surface area (Å²) in [6, 6.07) is 39.7. The third-order valence-electron chi connectivity index (χ3n) is 7.63. The van der Waals surface area contributed by atoms with Crippen molar-refractivity contribution in [2.75, 3.05) is 0 Å². The van der Waals surface area contributed by atoms with E-state index in [9.17, 15) is 14.7 Å². The van der Waals surface area contributed by atoms with Gasteiger partial charge in [0, 0.05) is 36.3 Å². The molecule has 0 saturated carbocycles. The number of hydrogen-bond acceptors (Lipinski definition) is 2. The molecule has 206 valence electrons. The van der Waals surface area contributed by atoms with Crippen LogP contribution in [0.2, 0.25) is 0 Å². The Morgan fingerprint density at radius 1 is 0.690 bits per heavy atom. The van der Waals surface area contributed by atoms with Crippen LogP contribution in [0.3, 0.4) is 0 Å². The zero-order valence-electron chi connectivity index (χ0n) is 23.2. The summed E-state index contributed by atoms with van der Waals surface area (Å²) in [5.41, 5.74) is 9.25. The first-order chi connectivity index (χ1) is 20.5. The van der Waals surface area contributed by atoms with Crippen molar-refractivity contribution in [2.45, 2.75) is 13.0 Å². The van der Waals surface area contributed by atoms with E-state index in [2.05, 4.69) is 58.5 Å². The molecule has 1 aromatic heterocycles. The van der Waals surface area contributed by atoms with E-state index < -0.39 is 5.97 Å². The quantitative estimate of drug-likeness (QED) is 0.204. The number of carboxylic acids is 1. The highest BCUT2D eigenvalue weighted by Gasteiger charge is 2.19. The van der Waals surface area contributed by atoms with Gasteiger partial charge in [-0.3, -0.25) is 4.79 Å². The van der Waals surface area contributed by atoms with Gasteiger partial charge in [-0.15, -0.1) is 0 Å². The predicted molar refractivity (Wildman–Crippen MR) is 168 cm³/mol. The molecule has 0 atom stereocenters. The van der Waals surface area contributed by atoms with E-state index in [1.165, 1.54) is 16.7 Å². The van der Waals surface area contributed by atoms with Crippen LogP contribution in [0, 0.1) is 0 Å². The standard InChI is InChI=1S/C37H30N2O3/c1-39-24-32(20-25-12-16-29(17-13-25)27-8-4-2-5-9-27)35-33(21-31(22-34(35)39)28-10-6-3-7-11-28)36(40)38-23-26-14-18-30(19-15-26)37(41)42/h2-19,21-22,24H,20,23H2,1H3,(H,38,40)(H,41,42). The summed E-state index contributed by atoms with van der Waals surface area (Å²) in [6.07, 6.45) is 2.81. The number of carbonyl (C=O) groups is 2. The van der Waals surface area contributed by atoms with Gasteiger partial charge in [0.15, 0.2) is 0 Å². The molecule has 0 aliphatic heterocycles. The van der Waals surface area contributed by atoms with E-state index in [1.54, 1.807) is 24.3 Å². The van der Waals surface area contributed by atoms with Crippen molar-refractivity contribution in [1.82, 2.24) is 9.88 Å². The molecule has 0 spiro atoms. The molecule has 2 N–H and O–H groups in total. The molecule has 0 radical (unpaired) electrons. The highest BCUT2D eigenvalue weighted by atomic mass is 16.4. The average Bonchev–Trinajstić information content (AvgIpc) is 3.35. The molecule has 5 nitrogen and oxygen atoms in total. The molecule has 0 aliphatic carbocycles. The average molecular weight is 551 g/mol. The van der Waals surface area contributed by atoms with Crippen LogP contribution in [0.25, 0.3) is 33.2 Å². The molecule has 0 bridgehead atoms. The maximum absolute atomic E-state index is 13.8. The Labute approximate surface area is 244 Å². The molecule has 0 unspecified atom stereocenters. The molecule has 1 heterocycles. The Kier molecular flexibility index (Phi) is 7.39. The molecular formula is C37H30N2O3. The molecule has 6 aromatic rings. The van der Waals surface area contributed by atoms with Gasteiger partial charge in [-0.1, -0.05) is 97.1 Å². The molecule has 0 fully saturated rings. The van der Waals surface area contributed by atoms with Gasteiger partial charge < -0.3 is 15.0 Å². The smallest absolute Gasteiger partial charge is 0.335 e. The van der Waals surface area contributed by atoms with Crippen LogP contribution in [-0.2, 0) is 20.0 Å². The lowest BCUT2D eigenvalue weighted by molar-refractivity contribution is 0.0696. The summed E-state index contributed by atoms with van der Waals surface area (Å²) < 4.78 is 2.09. The van der Waals surface area contributed by atoms with E-state index in [0.717, 1.165) is 33.2 Å². The Bertz CT molecular complexity index is 1870. The summed E-state index contributed by atoms with van der Waals surface area (Å²) in [5, 5.41) is 13.2. The van der Waals surface area contributed by atoms with Crippen molar-refractivity contribution >= 4 is 22.8 Å². The maximum atomic E-state index is 13.8.